The van der Waals surface area contributed by atoms with E-state index < -0.39 is 22.1 Å². The summed E-state index contributed by atoms with van der Waals surface area (Å²) in [4.78, 5) is -0.345. The van der Waals surface area contributed by atoms with Gasteiger partial charge in [-0.15, -0.1) is 13.2 Å². The molecule has 0 spiro atoms. The first-order valence-electron chi connectivity index (χ1n) is 6.38. The highest BCUT2D eigenvalue weighted by atomic mass is 32.2. The first-order valence-corrected chi connectivity index (χ1v) is 7.87. The van der Waals surface area contributed by atoms with E-state index in [2.05, 4.69) is 14.6 Å². The summed E-state index contributed by atoms with van der Waals surface area (Å²) in [5.41, 5.74) is 1.32. The largest absolute Gasteiger partial charge is 0.573 e. The topological polar surface area (TPSA) is 73.2 Å². The van der Waals surface area contributed by atoms with Gasteiger partial charge in [-0.2, -0.15) is 5.10 Å². The number of alkyl halides is 3. The number of halogens is 3. The van der Waals surface area contributed by atoms with Crippen molar-refractivity contribution in [2.75, 3.05) is 4.72 Å². The second kappa shape index (κ2) is 5.76. The number of anilines is 1. The van der Waals surface area contributed by atoms with Crippen molar-refractivity contribution < 1.29 is 26.3 Å². The lowest BCUT2D eigenvalue weighted by Gasteiger charge is -2.11. The molecular weight excluding hydrogens is 335 g/mol. The lowest BCUT2D eigenvalue weighted by molar-refractivity contribution is -0.274. The van der Waals surface area contributed by atoms with Gasteiger partial charge in [0.25, 0.3) is 10.0 Å². The van der Waals surface area contributed by atoms with E-state index >= 15 is 0 Å². The Kier molecular flexibility index (Phi) is 4.29. The third-order valence-corrected chi connectivity index (χ3v) is 4.44. The molecule has 0 saturated carbocycles. The molecule has 1 heterocycles. The third kappa shape index (κ3) is 3.95. The molecule has 0 unspecified atom stereocenters. The van der Waals surface area contributed by atoms with E-state index in [0.29, 0.717) is 11.4 Å². The number of ether oxygens (including phenoxy) is 1. The summed E-state index contributed by atoms with van der Waals surface area (Å²) in [7, 11) is -2.42. The minimum Gasteiger partial charge on any atom is -0.406 e. The molecule has 23 heavy (non-hydrogen) atoms. The number of sulfonamides is 1. The minimum atomic E-state index is -4.90. The Balaban J connectivity index is 2.35. The van der Waals surface area contributed by atoms with Gasteiger partial charge in [0.2, 0.25) is 0 Å². The van der Waals surface area contributed by atoms with Gasteiger partial charge in [-0.1, -0.05) is 6.07 Å². The highest BCUT2D eigenvalue weighted by molar-refractivity contribution is 7.92. The maximum Gasteiger partial charge on any atom is 0.573 e. The van der Waals surface area contributed by atoms with Gasteiger partial charge in [0.1, 0.15) is 5.75 Å². The normalized spacial score (nSPS) is 12.3. The quantitative estimate of drug-likeness (QED) is 0.921. The summed E-state index contributed by atoms with van der Waals surface area (Å²) in [6.07, 6.45) is -4.90. The lowest BCUT2D eigenvalue weighted by Crippen LogP contribution is -2.18. The molecule has 0 saturated heterocycles. The molecule has 0 bridgehead atoms. The highest BCUT2D eigenvalue weighted by Gasteiger charge is 2.31. The predicted octanol–water partition coefficient (Wildman–Crippen LogP) is 2.74. The van der Waals surface area contributed by atoms with Gasteiger partial charge in [0, 0.05) is 13.1 Å². The summed E-state index contributed by atoms with van der Waals surface area (Å²) < 4.78 is 68.9. The van der Waals surface area contributed by atoms with E-state index in [1.54, 1.807) is 20.9 Å². The van der Waals surface area contributed by atoms with Crippen LogP contribution in [-0.2, 0) is 17.1 Å². The van der Waals surface area contributed by atoms with Gasteiger partial charge in [0.15, 0.2) is 0 Å². The average Bonchev–Trinajstić information content (AvgIpc) is 2.63. The summed E-state index contributed by atoms with van der Waals surface area (Å²) >= 11 is 0. The van der Waals surface area contributed by atoms with Crippen LogP contribution >= 0.6 is 0 Å². The number of aryl methyl sites for hydroxylation is 2. The molecule has 2 rings (SSSR count). The number of hydrogen-bond acceptors (Lipinski definition) is 4. The fraction of sp³-hybridized carbons (Fsp3) is 0.308. The first-order chi connectivity index (χ1) is 10.5. The van der Waals surface area contributed by atoms with Crippen molar-refractivity contribution in [3.8, 4) is 5.75 Å². The predicted molar refractivity (Wildman–Crippen MR) is 76.6 cm³/mol. The van der Waals surface area contributed by atoms with Crippen molar-refractivity contribution in [1.29, 1.82) is 0 Å². The Hall–Kier alpha value is -2.23. The molecule has 10 heteroatoms. The number of nitrogens with zero attached hydrogens (tertiary/aromatic N) is 2. The summed E-state index contributed by atoms with van der Waals surface area (Å²) in [5, 5.41) is 4.07. The van der Waals surface area contributed by atoms with E-state index in [-0.39, 0.29) is 10.6 Å². The first kappa shape index (κ1) is 17.1. The molecule has 6 nitrogen and oxygen atoms in total. The maximum absolute atomic E-state index is 12.3. The van der Waals surface area contributed by atoms with E-state index in [0.717, 1.165) is 12.1 Å². The van der Waals surface area contributed by atoms with E-state index in [9.17, 15) is 21.6 Å². The average molecular weight is 349 g/mol. The molecule has 0 radical (unpaired) electrons. The number of hydrogen-bond donors (Lipinski definition) is 1. The summed E-state index contributed by atoms with van der Waals surface area (Å²) in [6.45, 7) is 3.29. The Morgan fingerprint density at radius 1 is 1.26 bits per heavy atom. The number of nitrogens with one attached hydrogen (secondary N) is 1. The van der Waals surface area contributed by atoms with Crippen molar-refractivity contribution in [1.82, 2.24) is 9.78 Å². The zero-order valence-electron chi connectivity index (χ0n) is 12.5. The van der Waals surface area contributed by atoms with Crippen LogP contribution in [0.4, 0.5) is 18.9 Å². The lowest BCUT2D eigenvalue weighted by atomic mass is 10.3. The van der Waals surface area contributed by atoms with Gasteiger partial charge in [-0.05, 0) is 26.0 Å². The second-order valence-corrected chi connectivity index (χ2v) is 6.48. The monoisotopic (exact) mass is 349 g/mol. The Bertz CT molecular complexity index is 829. The fourth-order valence-corrected chi connectivity index (χ4v) is 3.16. The van der Waals surface area contributed by atoms with Gasteiger partial charge in [-0.3, -0.25) is 9.40 Å². The Labute approximate surface area is 130 Å². The molecule has 2 aromatic rings. The Morgan fingerprint density at radius 2 is 1.91 bits per heavy atom. The van der Waals surface area contributed by atoms with Crippen molar-refractivity contribution in [2.45, 2.75) is 25.1 Å². The third-order valence-electron chi connectivity index (χ3n) is 3.09. The van der Waals surface area contributed by atoms with Crippen LogP contribution in [-0.4, -0.2) is 24.6 Å². The molecule has 0 aliphatic rings. The number of rotatable bonds is 4. The van der Waals surface area contributed by atoms with Crippen LogP contribution in [0.2, 0.25) is 0 Å². The number of benzene rings is 1. The minimum absolute atomic E-state index is 0.287. The van der Waals surface area contributed by atoms with E-state index in [1.165, 1.54) is 16.8 Å². The molecule has 1 N–H and O–H groups in total. The van der Waals surface area contributed by atoms with Crippen LogP contribution in [0.3, 0.4) is 0 Å². The summed E-state index contributed by atoms with van der Waals surface area (Å²) in [6, 6.07) is 4.16. The molecule has 0 aliphatic carbocycles. The van der Waals surface area contributed by atoms with Crippen LogP contribution in [0.15, 0.2) is 29.2 Å². The zero-order chi connectivity index (χ0) is 17.4. The van der Waals surface area contributed by atoms with Crippen LogP contribution < -0.4 is 9.46 Å². The van der Waals surface area contributed by atoms with Crippen LogP contribution in [0.25, 0.3) is 0 Å². The molecule has 0 fully saturated rings. The van der Waals surface area contributed by atoms with Crippen LogP contribution in [0.1, 0.15) is 11.4 Å². The second-order valence-electron chi connectivity index (χ2n) is 4.80. The summed E-state index contributed by atoms with van der Waals surface area (Å²) in [5.74, 6) is -0.611. The van der Waals surface area contributed by atoms with E-state index in [1.807, 2.05) is 0 Å². The van der Waals surface area contributed by atoms with E-state index in [4.69, 9.17) is 0 Å². The standard InChI is InChI=1S/C13H14F3N3O3S/c1-8-12(9(2)19(3)17-8)18-23(20,21)11-6-4-5-10(7-11)22-13(14,15)16/h4-7,18H,1-3H3. The van der Waals surface area contributed by atoms with Crippen LogP contribution in [0.5, 0.6) is 5.75 Å². The number of aromatic nitrogens is 2. The SMILES string of the molecule is Cc1nn(C)c(C)c1NS(=O)(=O)c1cccc(OC(F)(F)F)c1. The fourth-order valence-electron chi connectivity index (χ4n) is 1.95. The van der Waals surface area contributed by atoms with Gasteiger partial charge in [0.05, 0.1) is 22.0 Å². The van der Waals surface area contributed by atoms with Crippen molar-refractivity contribution in [3.63, 3.8) is 0 Å². The van der Waals surface area contributed by atoms with Crippen LogP contribution in [0, 0.1) is 13.8 Å². The molecule has 126 valence electrons. The molecule has 0 aliphatic heterocycles. The van der Waals surface area contributed by atoms with Gasteiger partial charge in [-0.25, -0.2) is 8.42 Å². The maximum atomic E-state index is 12.3. The highest BCUT2D eigenvalue weighted by Crippen LogP contribution is 2.27. The smallest absolute Gasteiger partial charge is 0.406 e. The molecular formula is C13H14F3N3O3S. The zero-order valence-corrected chi connectivity index (χ0v) is 13.3. The Morgan fingerprint density at radius 3 is 2.43 bits per heavy atom. The molecule has 0 atom stereocenters. The van der Waals surface area contributed by atoms with Crippen molar-refractivity contribution in [2.24, 2.45) is 7.05 Å². The molecule has 1 aromatic carbocycles. The molecule has 0 amide bonds. The van der Waals surface area contributed by atoms with Gasteiger partial charge >= 0.3 is 6.36 Å². The van der Waals surface area contributed by atoms with Gasteiger partial charge < -0.3 is 4.74 Å². The van der Waals surface area contributed by atoms with Crippen molar-refractivity contribution in [3.05, 3.63) is 35.7 Å². The molecule has 1 aromatic heterocycles. The van der Waals surface area contributed by atoms with Crippen molar-refractivity contribution >= 4 is 15.7 Å².